The summed E-state index contributed by atoms with van der Waals surface area (Å²) in [6.07, 6.45) is 7.87. The molecule has 0 bridgehead atoms. The zero-order chi connectivity index (χ0) is 43.7. The number of urea groups is 2. The van der Waals surface area contributed by atoms with Crippen LogP contribution in [0.2, 0.25) is 0 Å². The zero-order valence-electron chi connectivity index (χ0n) is 35.5. The number of anilines is 1. The molecule has 15 heteroatoms. The smallest absolute Gasteiger partial charge is 0.315 e. The quantitative estimate of drug-likeness (QED) is 0.0696. The highest BCUT2D eigenvalue weighted by molar-refractivity contribution is 5.91. The minimum atomic E-state index is -0.820. The van der Waals surface area contributed by atoms with Crippen molar-refractivity contribution in [2.75, 3.05) is 44.6 Å². The van der Waals surface area contributed by atoms with E-state index >= 15 is 0 Å². The predicted molar refractivity (Wildman–Crippen MR) is 242 cm³/mol. The highest BCUT2D eigenvalue weighted by Crippen LogP contribution is 2.35. The average Bonchev–Trinajstić information content (AvgIpc) is 4.12. The fourth-order valence-corrected chi connectivity index (χ4v) is 8.46. The summed E-state index contributed by atoms with van der Waals surface area (Å²) >= 11 is 0. The number of aromatic nitrogens is 4. The van der Waals surface area contributed by atoms with Crippen molar-refractivity contribution in [3.8, 4) is 22.4 Å². The fourth-order valence-electron chi connectivity index (χ4n) is 8.46. The Morgan fingerprint density at radius 1 is 0.683 bits per heavy atom. The van der Waals surface area contributed by atoms with Gasteiger partial charge in [0.25, 0.3) is 0 Å². The second kappa shape index (κ2) is 19.6. The Balaban J connectivity index is 0.879. The molecule has 6 amide bonds. The summed E-state index contributed by atoms with van der Waals surface area (Å²) in [7, 11) is 0. The molecule has 6 N–H and O–H groups in total. The summed E-state index contributed by atoms with van der Waals surface area (Å²) in [5.74, 6) is 1.15. The molecule has 8 rings (SSSR count). The molecule has 0 unspecified atom stereocenters. The van der Waals surface area contributed by atoms with Crippen LogP contribution in [-0.2, 0) is 9.59 Å². The third kappa shape index (κ3) is 9.93. The normalized spacial score (nSPS) is 16.9. The van der Waals surface area contributed by atoms with E-state index in [1.54, 1.807) is 0 Å². The number of nitrogens with zero attached hydrogens (tertiary/aromatic N) is 5. The highest BCUT2D eigenvalue weighted by Gasteiger charge is 2.37. The van der Waals surface area contributed by atoms with E-state index in [0.717, 1.165) is 63.5 Å². The first-order valence-electron chi connectivity index (χ1n) is 21.7. The van der Waals surface area contributed by atoms with Gasteiger partial charge in [0.15, 0.2) is 0 Å². The van der Waals surface area contributed by atoms with Crippen molar-refractivity contribution in [1.29, 1.82) is 0 Å². The molecule has 63 heavy (non-hydrogen) atoms. The molecule has 2 aliphatic heterocycles. The van der Waals surface area contributed by atoms with Crippen molar-refractivity contribution in [2.45, 2.75) is 51.2 Å². The number of hydrogen-bond donors (Lipinski definition) is 6. The first-order valence-corrected chi connectivity index (χ1v) is 21.7. The van der Waals surface area contributed by atoms with Gasteiger partial charge in [-0.25, -0.2) is 24.5 Å². The zero-order valence-corrected chi connectivity index (χ0v) is 35.5. The minimum absolute atomic E-state index is 0.124. The topological polar surface area (TPSA) is 189 Å². The van der Waals surface area contributed by atoms with Crippen molar-refractivity contribution < 1.29 is 19.2 Å². The maximum atomic E-state index is 14.0. The molecule has 4 heterocycles. The summed E-state index contributed by atoms with van der Waals surface area (Å²) in [5.41, 5.74) is 5.18. The number of nitrogens with one attached hydrogen (secondary N) is 6. The van der Waals surface area contributed by atoms with Crippen LogP contribution in [-0.4, -0.2) is 92.9 Å². The van der Waals surface area contributed by atoms with E-state index in [0.29, 0.717) is 51.0 Å². The van der Waals surface area contributed by atoms with Crippen molar-refractivity contribution in [1.82, 2.24) is 51.0 Å². The minimum Gasteiger partial charge on any atom is -0.354 e. The van der Waals surface area contributed by atoms with E-state index in [2.05, 4.69) is 77.9 Å². The molecule has 2 saturated heterocycles. The number of likely N-dealkylation sites (tertiary alicyclic amines) is 2. The van der Waals surface area contributed by atoms with Gasteiger partial charge in [-0.3, -0.25) is 9.59 Å². The van der Waals surface area contributed by atoms with Gasteiger partial charge in [0.05, 0.1) is 17.9 Å². The lowest BCUT2D eigenvalue weighted by Gasteiger charge is -2.28. The molecule has 2 aromatic heterocycles. The number of rotatable bonds is 14. The summed E-state index contributed by atoms with van der Waals surface area (Å²) in [6, 6.07) is 28.6. The standard InChI is InChI=1S/C48H53N11O4/c1-3-49-47(62)56-41(32-12-7-5-8-13-32)44(60)58-23-21-31(30-58)26-52-46-53-27-38(28-54-46)36-18-17-35-25-37(20-19-34(35)24-36)39-29-51-43(55-39)40-16-11-22-59(40)45(61)42(57-48(63)50-4-2)33-14-9-6-10-15-33/h5-10,12-15,17-20,24-25,27-29,31,40-42H,3-4,11,16,21-23,26,30H2,1-2H3,(H,51,55)(H2,49,56,62)(H2,50,57,63)(H,52,53,54)/t31-,40+,41+,42-/m1/s1. The molecule has 0 spiro atoms. The number of amides is 6. The van der Waals surface area contributed by atoms with Crippen LogP contribution in [0.15, 0.2) is 116 Å². The molecule has 6 aromatic rings. The summed E-state index contributed by atoms with van der Waals surface area (Å²) in [5, 5.41) is 16.7. The van der Waals surface area contributed by atoms with Crippen molar-refractivity contribution in [3.63, 3.8) is 0 Å². The molecule has 0 saturated carbocycles. The van der Waals surface area contributed by atoms with Crippen LogP contribution in [0.1, 0.15) is 68.2 Å². The lowest BCUT2D eigenvalue weighted by Crippen LogP contribution is -2.46. The van der Waals surface area contributed by atoms with E-state index in [9.17, 15) is 19.2 Å². The second-order valence-electron chi connectivity index (χ2n) is 16.0. The molecule has 2 fully saturated rings. The number of carbonyl (C=O) groups is 4. The molecule has 324 valence electrons. The maximum absolute atomic E-state index is 14.0. The van der Waals surface area contributed by atoms with E-state index in [1.807, 2.05) is 103 Å². The van der Waals surface area contributed by atoms with E-state index in [1.165, 1.54) is 0 Å². The van der Waals surface area contributed by atoms with Gasteiger partial charge in [-0.2, -0.15) is 0 Å². The van der Waals surface area contributed by atoms with E-state index in [-0.39, 0.29) is 35.8 Å². The predicted octanol–water partition coefficient (Wildman–Crippen LogP) is 6.73. The number of carbonyl (C=O) groups excluding carboxylic acids is 4. The molecular formula is C48H53N11O4. The Bertz CT molecular complexity index is 2530. The first-order chi connectivity index (χ1) is 30.8. The molecular weight excluding hydrogens is 795 g/mol. The Morgan fingerprint density at radius 2 is 1.29 bits per heavy atom. The summed E-state index contributed by atoms with van der Waals surface area (Å²) < 4.78 is 0. The van der Waals surface area contributed by atoms with Crippen molar-refractivity contribution in [3.05, 3.63) is 133 Å². The van der Waals surface area contributed by atoms with Crippen LogP contribution in [0.3, 0.4) is 0 Å². The number of benzene rings is 4. The second-order valence-corrected chi connectivity index (χ2v) is 16.0. The Hall–Kier alpha value is -7.29. The van der Waals surface area contributed by atoms with Crippen LogP contribution in [0.5, 0.6) is 0 Å². The van der Waals surface area contributed by atoms with E-state index < -0.39 is 12.1 Å². The fraction of sp³-hybridized carbons (Fsp3) is 0.312. The molecule has 2 aliphatic rings. The van der Waals surface area contributed by atoms with Crippen LogP contribution in [0.25, 0.3) is 33.2 Å². The molecule has 4 aromatic carbocycles. The van der Waals surface area contributed by atoms with Gasteiger partial charge in [-0.15, -0.1) is 0 Å². The SMILES string of the molecule is CCNC(=O)N[C@H](C(=O)N1CC[C@H](CNc2ncc(-c3ccc4cc(-c5cnc([C@@H]6CCCN6C(=O)[C@H](NC(=O)NCC)c6ccccc6)[nH]5)ccc4c3)cn2)C1)c1ccccc1. The molecule has 15 nitrogen and oxygen atoms in total. The van der Waals surface area contributed by atoms with Crippen LogP contribution in [0.4, 0.5) is 15.5 Å². The van der Waals surface area contributed by atoms with Crippen LogP contribution < -0.4 is 26.6 Å². The van der Waals surface area contributed by atoms with E-state index in [4.69, 9.17) is 4.98 Å². The molecule has 0 aliphatic carbocycles. The van der Waals surface area contributed by atoms with Crippen LogP contribution in [0, 0.1) is 5.92 Å². The summed E-state index contributed by atoms with van der Waals surface area (Å²) in [4.78, 5) is 73.7. The Kier molecular flexibility index (Phi) is 13.2. The van der Waals surface area contributed by atoms with Gasteiger partial charge in [0, 0.05) is 62.8 Å². The first kappa shape index (κ1) is 42.4. The maximum Gasteiger partial charge on any atom is 0.315 e. The lowest BCUT2D eigenvalue weighted by atomic mass is 10.0. The lowest BCUT2D eigenvalue weighted by molar-refractivity contribution is -0.134. The van der Waals surface area contributed by atoms with Gasteiger partial charge >= 0.3 is 12.1 Å². The molecule has 4 atom stereocenters. The van der Waals surface area contributed by atoms with Crippen LogP contribution >= 0.6 is 0 Å². The van der Waals surface area contributed by atoms with Crippen molar-refractivity contribution >= 4 is 40.6 Å². The van der Waals surface area contributed by atoms with Gasteiger partial charge in [-0.05, 0) is 78.6 Å². The largest absolute Gasteiger partial charge is 0.354 e. The monoisotopic (exact) mass is 847 g/mol. The van der Waals surface area contributed by atoms with Gasteiger partial charge in [-0.1, -0.05) is 84.9 Å². The number of fused-ring (bicyclic) bond motifs is 1. The Labute approximate surface area is 366 Å². The number of aromatic amines is 1. The summed E-state index contributed by atoms with van der Waals surface area (Å²) in [6.45, 7) is 6.96. The van der Waals surface area contributed by atoms with Gasteiger partial charge in [0.2, 0.25) is 17.8 Å². The van der Waals surface area contributed by atoms with Gasteiger partial charge < -0.3 is 41.4 Å². The number of imidazole rings is 1. The highest BCUT2D eigenvalue weighted by atomic mass is 16.2. The van der Waals surface area contributed by atoms with Crippen molar-refractivity contribution in [2.24, 2.45) is 5.92 Å². The Morgan fingerprint density at radius 3 is 1.92 bits per heavy atom. The van der Waals surface area contributed by atoms with Gasteiger partial charge in [0.1, 0.15) is 17.9 Å². The average molecular weight is 848 g/mol. The number of hydrogen-bond acceptors (Lipinski definition) is 8. The third-order valence-corrected chi connectivity index (χ3v) is 11.7. The number of H-pyrrole nitrogens is 1. The third-order valence-electron chi connectivity index (χ3n) is 11.7. The molecule has 0 radical (unpaired) electrons.